The van der Waals surface area contributed by atoms with Crippen LogP contribution in [0, 0.1) is 5.92 Å². The maximum absolute atomic E-state index is 11.5. The van der Waals surface area contributed by atoms with Crippen molar-refractivity contribution in [2.24, 2.45) is 5.92 Å². The van der Waals surface area contributed by atoms with Crippen LogP contribution < -0.4 is 10.6 Å². The van der Waals surface area contributed by atoms with Crippen molar-refractivity contribution in [1.82, 2.24) is 10.6 Å². The average molecular weight is 281 g/mol. The maximum atomic E-state index is 11.5. The van der Waals surface area contributed by atoms with Gasteiger partial charge in [-0.3, -0.25) is 4.79 Å². The van der Waals surface area contributed by atoms with E-state index < -0.39 is 0 Å². The van der Waals surface area contributed by atoms with Gasteiger partial charge in [0, 0.05) is 20.1 Å². The van der Waals surface area contributed by atoms with Gasteiger partial charge in [0.15, 0.2) is 0 Å². The summed E-state index contributed by atoms with van der Waals surface area (Å²) in [5.41, 5.74) is 0. The van der Waals surface area contributed by atoms with E-state index >= 15 is 0 Å². The maximum Gasteiger partial charge on any atom is 0.220 e. The molecular formula is C12H25ClN2O3. The molecule has 0 bridgehead atoms. The first kappa shape index (κ1) is 17.6. The van der Waals surface area contributed by atoms with Crippen molar-refractivity contribution in [3.8, 4) is 0 Å². The molecule has 6 heteroatoms. The SMILES string of the molecule is COCCOCCNC(=O)CCC1CCNC1.Cl. The minimum Gasteiger partial charge on any atom is -0.382 e. The summed E-state index contributed by atoms with van der Waals surface area (Å²) in [7, 11) is 1.64. The molecule has 1 aliphatic heterocycles. The Hall–Kier alpha value is -0.360. The molecule has 0 spiro atoms. The lowest BCUT2D eigenvalue weighted by Crippen LogP contribution is -2.28. The van der Waals surface area contributed by atoms with Gasteiger partial charge in [0.1, 0.15) is 0 Å². The van der Waals surface area contributed by atoms with Crippen molar-refractivity contribution in [1.29, 1.82) is 0 Å². The molecule has 1 fully saturated rings. The number of halogens is 1. The normalized spacial score (nSPS) is 18.4. The molecule has 2 N–H and O–H groups in total. The number of carbonyl (C=O) groups excluding carboxylic acids is 1. The van der Waals surface area contributed by atoms with Crippen LogP contribution in [0.1, 0.15) is 19.3 Å². The Kier molecular flexibility index (Phi) is 11.5. The number of hydrogen-bond acceptors (Lipinski definition) is 4. The summed E-state index contributed by atoms with van der Waals surface area (Å²) in [6, 6.07) is 0. The van der Waals surface area contributed by atoms with Gasteiger partial charge in [-0.25, -0.2) is 0 Å². The fraction of sp³-hybridized carbons (Fsp3) is 0.917. The summed E-state index contributed by atoms with van der Waals surface area (Å²) in [6.45, 7) is 4.49. The van der Waals surface area contributed by atoms with E-state index in [0.717, 1.165) is 19.5 Å². The van der Waals surface area contributed by atoms with Crippen molar-refractivity contribution in [3.63, 3.8) is 0 Å². The van der Waals surface area contributed by atoms with Crippen LogP contribution in [0.5, 0.6) is 0 Å². The van der Waals surface area contributed by atoms with Gasteiger partial charge < -0.3 is 20.1 Å². The van der Waals surface area contributed by atoms with Gasteiger partial charge in [0.25, 0.3) is 0 Å². The van der Waals surface area contributed by atoms with Crippen LogP contribution in [0.4, 0.5) is 0 Å². The average Bonchev–Trinajstić information content (AvgIpc) is 2.84. The van der Waals surface area contributed by atoms with Gasteiger partial charge in [-0.05, 0) is 31.8 Å². The molecule has 0 aliphatic carbocycles. The van der Waals surface area contributed by atoms with Crippen LogP contribution in [0.2, 0.25) is 0 Å². The minimum absolute atomic E-state index is 0. The summed E-state index contributed by atoms with van der Waals surface area (Å²) >= 11 is 0. The molecule has 0 aromatic rings. The van der Waals surface area contributed by atoms with E-state index in [1.54, 1.807) is 7.11 Å². The van der Waals surface area contributed by atoms with Crippen molar-refractivity contribution in [2.75, 3.05) is 46.6 Å². The van der Waals surface area contributed by atoms with Gasteiger partial charge in [0.2, 0.25) is 5.91 Å². The summed E-state index contributed by atoms with van der Waals surface area (Å²) < 4.78 is 10.1. The lowest BCUT2D eigenvalue weighted by Gasteiger charge is -2.09. The molecule has 5 nitrogen and oxygen atoms in total. The van der Waals surface area contributed by atoms with E-state index in [-0.39, 0.29) is 18.3 Å². The highest BCUT2D eigenvalue weighted by Crippen LogP contribution is 2.13. The van der Waals surface area contributed by atoms with Gasteiger partial charge >= 0.3 is 0 Å². The Morgan fingerprint density at radius 1 is 1.39 bits per heavy atom. The van der Waals surface area contributed by atoms with Gasteiger partial charge in [-0.15, -0.1) is 12.4 Å². The minimum atomic E-state index is 0. The van der Waals surface area contributed by atoms with E-state index in [9.17, 15) is 4.79 Å². The summed E-state index contributed by atoms with van der Waals surface area (Å²) in [5.74, 6) is 0.811. The largest absolute Gasteiger partial charge is 0.382 e. The first-order valence-corrected chi connectivity index (χ1v) is 6.37. The van der Waals surface area contributed by atoms with Crippen molar-refractivity contribution >= 4 is 18.3 Å². The van der Waals surface area contributed by atoms with E-state index in [0.29, 0.717) is 38.7 Å². The van der Waals surface area contributed by atoms with Crippen LogP contribution in [-0.4, -0.2) is 52.5 Å². The topological polar surface area (TPSA) is 59.6 Å². The summed E-state index contributed by atoms with van der Waals surface area (Å²) in [5, 5.41) is 6.16. The lowest BCUT2D eigenvalue weighted by atomic mass is 10.0. The van der Waals surface area contributed by atoms with E-state index in [1.165, 1.54) is 6.42 Å². The smallest absolute Gasteiger partial charge is 0.220 e. The molecular weight excluding hydrogens is 256 g/mol. The molecule has 1 rings (SSSR count). The number of rotatable bonds is 9. The van der Waals surface area contributed by atoms with Crippen molar-refractivity contribution in [2.45, 2.75) is 19.3 Å². The highest BCUT2D eigenvalue weighted by molar-refractivity contribution is 5.85. The number of methoxy groups -OCH3 is 1. The Labute approximate surface area is 115 Å². The van der Waals surface area contributed by atoms with E-state index in [4.69, 9.17) is 9.47 Å². The molecule has 1 saturated heterocycles. The molecule has 0 aromatic carbocycles. The van der Waals surface area contributed by atoms with Gasteiger partial charge in [-0.1, -0.05) is 0 Å². The zero-order chi connectivity index (χ0) is 12.3. The predicted octanol–water partition coefficient (Wildman–Crippen LogP) is 0.577. The third-order valence-electron chi connectivity index (χ3n) is 2.94. The third kappa shape index (κ3) is 8.69. The summed E-state index contributed by atoms with van der Waals surface area (Å²) in [6.07, 6.45) is 2.82. The molecule has 1 aliphatic rings. The van der Waals surface area contributed by atoms with Gasteiger partial charge in [-0.2, -0.15) is 0 Å². The Morgan fingerprint density at radius 2 is 2.22 bits per heavy atom. The number of ether oxygens (including phenoxy) is 2. The van der Waals surface area contributed by atoms with Gasteiger partial charge in [0.05, 0.1) is 19.8 Å². The second kappa shape index (κ2) is 11.7. The van der Waals surface area contributed by atoms with Crippen LogP contribution in [0.15, 0.2) is 0 Å². The molecule has 1 unspecified atom stereocenters. The zero-order valence-corrected chi connectivity index (χ0v) is 11.9. The molecule has 1 atom stereocenters. The van der Waals surface area contributed by atoms with E-state index in [2.05, 4.69) is 10.6 Å². The summed E-state index contributed by atoms with van der Waals surface area (Å²) in [4.78, 5) is 11.5. The molecule has 0 saturated carbocycles. The molecule has 1 heterocycles. The molecule has 108 valence electrons. The fourth-order valence-electron chi connectivity index (χ4n) is 1.89. The first-order valence-electron chi connectivity index (χ1n) is 6.37. The van der Waals surface area contributed by atoms with Crippen LogP contribution in [-0.2, 0) is 14.3 Å². The number of hydrogen-bond donors (Lipinski definition) is 2. The number of carbonyl (C=O) groups is 1. The Bertz CT molecular complexity index is 211. The monoisotopic (exact) mass is 280 g/mol. The van der Waals surface area contributed by atoms with E-state index in [1.807, 2.05) is 0 Å². The Morgan fingerprint density at radius 3 is 2.89 bits per heavy atom. The molecule has 0 aromatic heterocycles. The van der Waals surface area contributed by atoms with Crippen LogP contribution in [0.25, 0.3) is 0 Å². The third-order valence-corrected chi connectivity index (χ3v) is 2.94. The predicted molar refractivity (Wildman–Crippen MR) is 73.2 cm³/mol. The van der Waals surface area contributed by atoms with Crippen LogP contribution >= 0.6 is 12.4 Å². The van der Waals surface area contributed by atoms with Crippen LogP contribution in [0.3, 0.4) is 0 Å². The standard InChI is InChI=1S/C12H24N2O3.ClH/c1-16-8-9-17-7-6-14-12(15)3-2-11-4-5-13-10-11;/h11,13H,2-10H2,1H3,(H,14,15);1H. The van der Waals surface area contributed by atoms with Crippen molar-refractivity contribution in [3.05, 3.63) is 0 Å². The second-order valence-corrected chi connectivity index (χ2v) is 4.35. The lowest BCUT2D eigenvalue weighted by molar-refractivity contribution is -0.121. The van der Waals surface area contributed by atoms with Crippen molar-refractivity contribution < 1.29 is 14.3 Å². The number of nitrogens with one attached hydrogen (secondary N) is 2. The molecule has 1 amide bonds. The highest BCUT2D eigenvalue weighted by atomic mass is 35.5. The first-order chi connectivity index (χ1) is 8.33. The Balaban J connectivity index is 0.00000289. The fourth-order valence-corrected chi connectivity index (χ4v) is 1.89. The molecule has 0 radical (unpaired) electrons. The quantitative estimate of drug-likeness (QED) is 0.607. The number of amides is 1. The second-order valence-electron chi connectivity index (χ2n) is 4.35. The molecule has 18 heavy (non-hydrogen) atoms. The highest BCUT2D eigenvalue weighted by Gasteiger charge is 2.15. The zero-order valence-electron chi connectivity index (χ0n) is 11.1.